The van der Waals surface area contributed by atoms with Crippen LogP contribution in [0.3, 0.4) is 0 Å². The number of carbonyl (C=O) groups excluding carboxylic acids is 2. The first-order valence-electron chi connectivity index (χ1n) is 8.13. The second-order valence-electron chi connectivity index (χ2n) is 6.15. The van der Waals surface area contributed by atoms with E-state index in [1.165, 1.54) is 7.11 Å². The Morgan fingerprint density at radius 1 is 1.11 bits per heavy atom. The van der Waals surface area contributed by atoms with Crippen molar-refractivity contribution in [2.75, 3.05) is 12.4 Å². The molecule has 0 aliphatic rings. The zero-order valence-electron chi connectivity index (χ0n) is 15.4. The Hall–Kier alpha value is -3.13. The molecule has 2 amide bonds. The highest BCUT2D eigenvalue weighted by molar-refractivity contribution is 7.20. The lowest BCUT2D eigenvalue weighted by Crippen LogP contribution is -2.15. The second kappa shape index (κ2) is 7.24. The van der Waals surface area contributed by atoms with Crippen molar-refractivity contribution in [3.05, 3.63) is 46.5 Å². The third-order valence-corrected chi connectivity index (χ3v) is 4.93. The largest absolute Gasteiger partial charge is 0.496 e. The molecule has 0 radical (unpaired) electrons. The minimum atomic E-state index is -0.940. The summed E-state index contributed by atoms with van der Waals surface area (Å²) in [4.78, 5) is 28.0. The average Bonchev–Trinajstić information content (AvgIpc) is 2.96. The average molecular weight is 385 g/mol. The number of ether oxygens (including phenoxy) is 2. The predicted molar refractivity (Wildman–Crippen MR) is 105 cm³/mol. The van der Waals surface area contributed by atoms with Crippen LogP contribution < -0.4 is 20.5 Å². The zero-order chi connectivity index (χ0) is 19.7. The Bertz CT molecular complexity index is 1040. The number of nitrogens with two attached hydrogens (primary N) is 1. The third kappa shape index (κ3) is 3.85. The lowest BCUT2D eigenvalue weighted by molar-refractivity contribution is 0.102. The summed E-state index contributed by atoms with van der Waals surface area (Å²) in [7, 11) is 1.48. The number of hydrogen-bond acceptors (Lipinski definition) is 6. The van der Waals surface area contributed by atoms with E-state index in [2.05, 4.69) is 10.3 Å². The lowest BCUT2D eigenvalue weighted by Gasteiger charge is -2.14. The number of nitrogens with one attached hydrogen (secondary N) is 1. The number of benzene rings is 2. The number of amides is 2. The number of thiazole rings is 1. The second-order valence-corrected chi connectivity index (χ2v) is 7.14. The molecule has 27 heavy (non-hydrogen) atoms. The summed E-state index contributed by atoms with van der Waals surface area (Å²) >= 11 is 1.12. The SMILES string of the molecule is COc1cc2nc(OC(N)=O)sc2cc1C(=O)Nc1c(C)cc(C)cc1C. The summed E-state index contributed by atoms with van der Waals surface area (Å²) in [5.41, 5.74) is 9.80. The molecule has 0 atom stereocenters. The van der Waals surface area contributed by atoms with Gasteiger partial charge in [0.25, 0.3) is 11.1 Å². The van der Waals surface area contributed by atoms with Gasteiger partial charge in [-0.25, -0.2) is 9.78 Å². The van der Waals surface area contributed by atoms with Gasteiger partial charge < -0.3 is 20.5 Å². The predicted octanol–water partition coefficient (Wildman–Crippen LogP) is 3.94. The molecular weight excluding hydrogens is 366 g/mol. The molecule has 0 bridgehead atoms. The number of anilines is 1. The van der Waals surface area contributed by atoms with Crippen molar-refractivity contribution in [3.8, 4) is 10.9 Å². The quantitative estimate of drug-likeness (QED) is 0.708. The first-order valence-corrected chi connectivity index (χ1v) is 8.95. The van der Waals surface area contributed by atoms with Crippen molar-refractivity contribution in [1.29, 1.82) is 0 Å². The van der Waals surface area contributed by atoms with Crippen molar-refractivity contribution >= 4 is 39.2 Å². The number of carbonyl (C=O) groups is 2. The fourth-order valence-corrected chi connectivity index (χ4v) is 3.81. The molecule has 0 aliphatic carbocycles. The van der Waals surface area contributed by atoms with Crippen LogP contribution in [0.2, 0.25) is 0 Å². The molecule has 8 heteroatoms. The minimum Gasteiger partial charge on any atom is -0.496 e. The van der Waals surface area contributed by atoms with Crippen LogP contribution in [-0.2, 0) is 0 Å². The standard InChI is InChI=1S/C19H19N3O4S/c1-9-5-10(2)16(11(3)6-9)22-17(23)12-7-15-13(8-14(12)25-4)21-19(27-15)26-18(20)24/h5-8H,1-4H3,(H2,20,24)(H,22,23). The highest BCUT2D eigenvalue weighted by atomic mass is 32.1. The number of fused-ring (bicyclic) bond motifs is 1. The molecule has 1 aromatic heterocycles. The molecule has 0 saturated heterocycles. The first kappa shape index (κ1) is 18.7. The van der Waals surface area contributed by atoms with Gasteiger partial charge in [-0.15, -0.1) is 0 Å². The van der Waals surface area contributed by atoms with Crippen LogP contribution in [-0.4, -0.2) is 24.1 Å². The topological polar surface area (TPSA) is 104 Å². The minimum absolute atomic E-state index is 0.113. The van der Waals surface area contributed by atoms with Gasteiger partial charge >= 0.3 is 6.09 Å². The summed E-state index contributed by atoms with van der Waals surface area (Å²) in [5, 5.41) is 3.07. The maximum absolute atomic E-state index is 12.9. The van der Waals surface area contributed by atoms with Gasteiger partial charge in [0.1, 0.15) is 5.75 Å². The van der Waals surface area contributed by atoms with Crippen LogP contribution in [0.25, 0.3) is 10.2 Å². The van der Waals surface area contributed by atoms with Gasteiger partial charge in [-0.3, -0.25) is 4.79 Å². The van der Waals surface area contributed by atoms with Crippen LogP contribution in [0.15, 0.2) is 24.3 Å². The van der Waals surface area contributed by atoms with Crippen molar-refractivity contribution in [3.63, 3.8) is 0 Å². The highest BCUT2D eigenvalue weighted by Gasteiger charge is 2.18. The molecule has 1 heterocycles. The van der Waals surface area contributed by atoms with Crippen LogP contribution in [0.4, 0.5) is 10.5 Å². The number of nitrogens with zero attached hydrogens (tertiary/aromatic N) is 1. The summed E-state index contributed by atoms with van der Waals surface area (Å²) < 4.78 is 10.8. The Morgan fingerprint density at radius 3 is 2.37 bits per heavy atom. The summed E-state index contributed by atoms with van der Waals surface area (Å²) in [6, 6.07) is 7.32. The third-order valence-electron chi connectivity index (χ3n) is 4.04. The van der Waals surface area contributed by atoms with E-state index in [0.29, 0.717) is 21.5 Å². The van der Waals surface area contributed by atoms with Crippen molar-refractivity contribution in [2.24, 2.45) is 5.73 Å². The molecule has 2 aromatic carbocycles. The van der Waals surface area contributed by atoms with E-state index < -0.39 is 6.09 Å². The molecule has 0 fully saturated rings. The molecule has 0 unspecified atom stereocenters. The van der Waals surface area contributed by atoms with E-state index in [1.807, 2.05) is 32.9 Å². The van der Waals surface area contributed by atoms with E-state index in [0.717, 1.165) is 33.7 Å². The van der Waals surface area contributed by atoms with Gasteiger partial charge in [0.2, 0.25) is 0 Å². The van der Waals surface area contributed by atoms with Gasteiger partial charge in [0, 0.05) is 11.8 Å². The number of primary amides is 1. The summed E-state index contributed by atoms with van der Waals surface area (Å²) in [5.74, 6) is 0.0768. The van der Waals surface area contributed by atoms with Crippen molar-refractivity contribution < 1.29 is 19.1 Å². The molecular formula is C19H19N3O4S. The summed E-state index contributed by atoms with van der Waals surface area (Å²) in [6.45, 7) is 5.91. The Kier molecular flexibility index (Phi) is 5.00. The molecule has 7 nitrogen and oxygen atoms in total. The number of hydrogen-bond donors (Lipinski definition) is 2. The van der Waals surface area contributed by atoms with Gasteiger partial charge in [-0.05, 0) is 38.0 Å². The van der Waals surface area contributed by atoms with E-state index >= 15 is 0 Å². The molecule has 140 valence electrons. The lowest BCUT2D eigenvalue weighted by atomic mass is 10.0. The fourth-order valence-electron chi connectivity index (χ4n) is 2.97. The number of aryl methyl sites for hydroxylation is 3. The first-order chi connectivity index (χ1) is 12.8. The number of rotatable bonds is 4. The molecule has 3 aromatic rings. The van der Waals surface area contributed by atoms with E-state index in [9.17, 15) is 9.59 Å². The van der Waals surface area contributed by atoms with Crippen LogP contribution in [0.1, 0.15) is 27.0 Å². The van der Waals surface area contributed by atoms with E-state index in [-0.39, 0.29) is 11.1 Å². The van der Waals surface area contributed by atoms with Crippen LogP contribution >= 0.6 is 11.3 Å². The molecule has 3 rings (SSSR count). The Balaban J connectivity index is 1.99. The Morgan fingerprint density at radius 2 is 1.78 bits per heavy atom. The number of methoxy groups -OCH3 is 1. The zero-order valence-corrected chi connectivity index (χ0v) is 16.2. The van der Waals surface area contributed by atoms with Gasteiger partial charge in [0.05, 0.1) is 22.9 Å². The van der Waals surface area contributed by atoms with Crippen LogP contribution in [0, 0.1) is 20.8 Å². The monoisotopic (exact) mass is 385 g/mol. The summed E-state index contributed by atoms with van der Waals surface area (Å²) in [6.07, 6.45) is -0.940. The van der Waals surface area contributed by atoms with Crippen molar-refractivity contribution in [2.45, 2.75) is 20.8 Å². The number of aromatic nitrogens is 1. The Labute approximate surface area is 160 Å². The molecule has 0 aliphatic heterocycles. The van der Waals surface area contributed by atoms with E-state index in [4.69, 9.17) is 15.2 Å². The van der Waals surface area contributed by atoms with Crippen LogP contribution in [0.5, 0.6) is 10.9 Å². The van der Waals surface area contributed by atoms with E-state index in [1.54, 1.807) is 12.1 Å². The highest BCUT2D eigenvalue weighted by Crippen LogP contribution is 2.34. The molecule has 0 spiro atoms. The van der Waals surface area contributed by atoms with Gasteiger partial charge in [-0.2, -0.15) is 0 Å². The van der Waals surface area contributed by atoms with Crippen molar-refractivity contribution in [1.82, 2.24) is 4.98 Å². The maximum atomic E-state index is 12.9. The normalized spacial score (nSPS) is 10.7. The maximum Gasteiger partial charge on any atom is 0.411 e. The van der Waals surface area contributed by atoms with Gasteiger partial charge in [0.15, 0.2) is 0 Å². The molecule has 3 N–H and O–H groups in total. The smallest absolute Gasteiger partial charge is 0.411 e. The fraction of sp³-hybridized carbons (Fsp3) is 0.211. The molecule has 0 saturated carbocycles. The van der Waals surface area contributed by atoms with Gasteiger partial charge in [-0.1, -0.05) is 29.0 Å².